The number of aromatic nitrogens is 1. The van der Waals surface area contributed by atoms with Crippen molar-refractivity contribution in [1.29, 1.82) is 0 Å². The number of fused-ring (bicyclic) bond motifs is 1. The smallest absolute Gasteiger partial charge is 0.170 e. The van der Waals surface area contributed by atoms with Crippen LogP contribution in [0.15, 0.2) is 22.7 Å². The maximum absolute atomic E-state index is 5.39. The molecular weight excluding hydrogens is 242 g/mol. The highest BCUT2D eigenvalue weighted by atomic mass is 16.5. The van der Waals surface area contributed by atoms with Gasteiger partial charge in [0, 0.05) is 39.1 Å². The molecular formula is C14H19N3O2. The zero-order valence-electron chi connectivity index (χ0n) is 11.2. The third kappa shape index (κ3) is 2.57. The van der Waals surface area contributed by atoms with Crippen LogP contribution in [0.4, 0.5) is 0 Å². The zero-order chi connectivity index (χ0) is 13.1. The first kappa shape index (κ1) is 12.4. The van der Waals surface area contributed by atoms with E-state index >= 15 is 0 Å². The number of nitrogens with zero attached hydrogens (tertiary/aromatic N) is 2. The van der Waals surface area contributed by atoms with E-state index < -0.39 is 0 Å². The van der Waals surface area contributed by atoms with Gasteiger partial charge in [0.15, 0.2) is 5.58 Å². The molecule has 0 bridgehead atoms. The van der Waals surface area contributed by atoms with E-state index in [-0.39, 0.29) is 0 Å². The summed E-state index contributed by atoms with van der Waals surface area (Å²) in [6, 6.07) is 5.81. The molecule has 19 heavy (non-hydrogen) atoms. The molecule has 102 valence electrons. The van der Waals surface area contributed by atoms with Gasteiger partial charge < -0.3 is 19.5 Å². The third-order valence-electron chi connectivity index (χ3n) is 3.63. The molecule has 0 amide bonds. The molecule has 0 unspecified atom stereocenters. The van der Waals surface area contributed by atoms with Crippen molar-refractivity contribution in [3.8, 4) is 5.75 Å². The Morgan fingerprint density at radius 1 is 1.37 bits per heavy atom. The number of benzene rings is 1. The summed E-state index contributed by atoms with van der Waals surface area (Å²) in [5.41, 5.74) is 1.79. The highest BCUT2D eigenvalue weighted by Gasteiger charge is 2.15. The lowest BCUT2D eigenvalue weighted by Crippen LogP contribution is -2.44. The number of rotatable bonds is 4. The Bertz CT molecular complexity index is 547. The lowest BCUT2D eigenvalue weighted by molar-refractivity contribution is 0.242. The Kier molecular flexibility index (Phi) is 3.66. The summed E-state index contributed by atoms with van der Waals surface area (Å²) >= 11 is 0. The maximum atomic E-state index is 5.39. The number of piperazine rings is 1. The minimum atomic E-state index is 0.801. The fourth-order valence-electron chi connectivity index (χ4n) is 2.56. The van der Waals surface area contributed by atoms with E-state index in [0.717, 1.165) is 61.6 Å². The summed E-state index contributed by atoms with van der Waals surface area (Å²) in [5.74, 6) is 0.842. The molecule has 1 N–H and O–H groups in total. The lowest BCUT2D eigenvalue weighted by atomic mass is 10.1. The van der Waals surface area contributed by atoms with Crippen molar-refractivity contribution in [1.82, 2.24) is 15.4 Å². The standard InChI is InChI=1S/C14H19N3O2/c1-18-12-3-2-4-13-14(12)11(16-19-13)5-8-17-9-6-15-7-10-17/h2-4,15H,5-10H2,1H3. The highest BCUT2D eigenvalue weighted by Crippen LogP contribution is 2.28. The first-order valence-electron chi connectivity index (χ1n) is 6.73. The van der Waals surface area contributed by atoms with Crippen molar-refractivity contribution < 1.29 is 9.26 Å². The van der Waals surface area contributed by atoms with Gasteiger partial charge in [0.05, 0.1) is 18.2 Å². The van der Waals surface area contributed by atoms with Crippen LogP contribution in [0.5, 0.6) is 5.75 Å². The largest absolute Gasteiger partial charge is 0.496 e. The van der Waals surface area contributed by atoms with Gasteiger partial charge in [-0.2, -0.15) is 0 Å². The third-order valence-corrected chi connectivity index (χ3v) is 3.63. The average molecular weight is 261 g/mol. The Balaban J connectivity index is 1.77. The van der Waals surface area contributed by atoms with Crippen LogP contribution in [0.1, 0.15) is 5.69 Å². The van der Waals surface area contributed by atoms with Gasteiger partial charge in [-0.25, -0.2) is 0 Å². The van der Waals surface area contributed by atoms with Crippen LogP contribution in [0.3, 0.4) is 0 Å². The van der Waals surface area contributed by atoms with Crippen LogP contribution in [-0.2, 0) is 6.42 Å². The molecule has 1 fully saturated rings. The van der Waals surface area contributed by atoms with Crippen molar-refractivity contribution >= 4 is 11.0 Å². The van der Waals surface area contributed by atoms with Gasteiger partial charge in [-0.1, -0.05) is 11.2 Å². The maximum Gasteiger partial charge on any atom is 0.170 e. The number of nitrogens with one attached hydrogen (secondary N) is 1. The molecule has 2 heterocycles. The van der Waals surface area contributed by atoms with E-state index in [2.05, 4.69) is 15.4 Å². The number of ether oxygens (including phenoxy) is 1. The van der Waals surface area contributed by atoms with Crippen LogP contribution >= 0.6 is 0 Å². The summed E-state index contributed by atoms with van der Waals surface area (Å²) in [7, 11) is 1.68. The second-order valence-corrected chi connectivity index (χ2v) is 4.80. The van der Waals surface area contributed by atoms with Crippen molar-refractivity contribution in [2.75, 3.05) is 39.8 Å². The summed E-state index contributed by atoms with van der Waals surface area (Å²) in [6.07, 6.45) is 0.896. The highest BCUT2D eigenvalue weighted by molar-refractivity contribution is 5.86. The molecule has 5 heteroatoms. The lowest BCUT2D eigenvalue weighted by Gasteiger charge is -2.26. The second-order valence-electron chi connectivity index (χ2n) is 4.80. The minimum Gasteiger partial charge on any atom is -0.496 e. The van der Waals surface area contributed by atoms with Gasteiger partial charge >= 0.3 is 0 Å². The van der Waals surface area contributed by atoms with Crippen LogP contribution in [0, 0.1) is 0 Å². The monoisotopic (exact) mass is 261 g/mol. The van der Waals surface area contributed by atoms with Crippen LogP contribution < -0.4 is 10.1 Å². The fraction of sp³-hybridized carbons (Fsp3) is 0.500. The van der Waals surface area contributed by atoms with Gasteiger partial charge in [0.2, 0.25) is 0 Å². The fourth-order valence-corrected chi connectivity index (χ4v) is 2.56. The van der Waals surface area contributed by atoms with Gasteiger partial charge in [-0.05, 0) is 12.1 Å². The normalized spacial score (nSPS) is 16.9. The number of hydrogen-bond acceptors (Lipinski definition) is 5. The molecule has 2 aromatic rings. The number of methoxy groups -OCH3 is 1. The average Bonchev–Trinajstić information content (AvgIpc) is 2.89. The van der Waals surface area contributed by atoms with Crippen LogP contribution in [0.2, 0.25) is 0 Å². The molecule has 0 aliphatic carbocycles. The molecule has 1 aliphatic heterocycles. The molecule has 0 atom stereocenters. The zero-order valence-corrected chi connectivity index (χ0v) is 11.2. The van der Waals surface area contributed by atoms with Crippen LogP contribution in [0.25, 0.3) is 11.0 Å². The number of hydrogen-bond donors (Lipinski definition) is 1. The SMILES string of the molecule is COc1cccc2onc(CCN3CCNCC3)c12. The Morgan fingerprint density at radius 2 is 2.21 bits per heavy atom. The Morgan fingerprint density at radius 3 is 3.00 bits per heavy atom. The van der Waals surface area contributed by atoms with E-state index in [1.807, 2.05) is 18.2 Å². The first-order chi connectivity index (χ1) is 9.38. The summed E-state index contributed by atoms with van der Waals surface area (Å²) in [4.78, 5) is 2.45. The predicted octanol–water partition coefficient (Wildman–Crippen LogP) is 1.28. The van der Waals surface area contributed by atoms with Crippen LogP contribution in [-0.4, -0.2) is 49.9 Å². The Hall–Kier alpha value is -1.59. The molecule has 1 aromatic carbocycles. The van der Waals surface area contributed by atoms with Crippen molar-refractivity contribution in [2.45, 2.75) is 6.42 Å². The van der Waals surface area contributed by atoms with E-state index in [9.17, 15) is 0 Å². The molecule has 3 rings (SSSR count). The van der Waals surface area contributed by atoms with Gasteiger partial charge in [-0.15, -0.1) is 0 Å². The molecule has 0 radical (unpaired) electrons. The van der Waals surface area contributed by atoms with Gasteiger partial charge in [0.25, 0.3) is 0 Å². The summed E-state index contributed by atoms with van der Waals surface area (Å²) < 4.78 is 10.8. The predicted molar refractivity (Wildman–Crippen MR) is 73.6 cm³/mol. The topological polar surface area (TPSA) is 50.5 Å². The van der Waals surface area contributed by atoms with E-state index in [1.165, 1.54) is 0 Å². The molecule has 1 aromatic heterocycles. The first-order valence-corrected chi connectivity index (χ1v) is 6.73. The second kappa shape index (κ2) is 5.59. The van der Waals surface area contributed by atoms with Crippen molar-refractivity contribution in [3.63, 3.8) is 0 Å². The summed E-state index contributed by atoms with van der Waals surface area (Å²) in [6.45, 7) is 5.37. The summed E-state index contributed by atoms with van der Waals surface area (Å²) in [5, 5.41) is 8.57. The van der Waals surface area contributed by atoms with Crippen molar-refractivity contribution in [2.24, 2.45) is 0 Å². The molecule has 5 nitrogen and oxygen atoms in total. The molecule has 1 saturated heterocycles. The van der Waals surface area contributed by atoms with Gasteiger partial charge in [-0.3, -0.25) is 0 Å². The van der Waals surface area contributed by atoms with E-state index in [1.54, 1.807) is 7.11 Å². The van der Waals surface area contributed by atoms with E-state index in [4.69, 9.17) is 9.26 Å². The van der Waals surface area contributed by atoms with E-state index in [0.29, 0.717) is 0 Å². The minimum absolute atomic E-state index is 0.801. The Labute approximate surface area is 112 Å². The molecule has 0 saturated carbocycles. The molecule has 1 aliphatic rings. The quantitative estimate of drug-likeness (QED) is 0.898. The van der Waals surface area contributed by atoms with Gasteiger partial charge in [0.1, 0.15) is 5.75 Å². The molecule has 0 spiro atoms. The van der Waals surface area contributed by atoms with Crippen molar-refractivity contribution in [3.05, 3.63) is 23.9 Å².